The normalized spacial score (nSPS) is 14.9. The first kappa shape index (κ1) is 20.8. The quantitative estimate of drug-likeness (QED) is 0.619. The molecule has 1 N–H and O–H groups in total. The molecule has 2 aromatic heterocycles. The average Bonchev–Trinajstić information content (AvgIpc) is 3.49. The zero-order valence-corrected chi connectivity index (χ0v) is 17.0. The molecule has 0 saturated heterocycles. The van der Waals surface area contributed by atoms with Crippen LogP contribution in [0.15, 0.2) is 71.6 Å². The van der Waals surface area contributed by atoms with Gasteiger partial charge in [0.1, 0.15) is 11.9 Å². The van der Waals surface area contributed by atoms with Gasteiger partial charge >= 0.3 is 0 Å². The van der Waals surface area contributed by atoms with Crippen LogP contribution in [0.5, 0.6) is 0 Å². The number of hydrogen-bond donors (Lipinski definition) is 1. The predicted molar refractivity (Wildman–Crippen MR) is 112 cm³/mol. The van der Waals surface area contributed by atoms with E-state index in [2.05, 4.69) is 10.3 Å². The summed E-state index contributed by atoms with van der Waals surface area (Å²) in [5.74, 6) is -0.898. The van der Waals surface area contributed by atoms with Crippen molar-refractivity contribution in [3.05, 3.63) is 89.9 Å². The SMILES string of the molecule is O=C(NC1CCCC1)C(c1ccncc1)N(Cc1ccc(F)cc1)C(=O)c1ccco1. The van der Waals surface area contributed by atoms with Crippen molar-refractivity contribution in [2.45, 2.75) is 44.3 Å². The van der Waals surface area contributed by atoms with E-state index in [0.29, 0.717) is 11.1 Å². The first-order valence-electron chi connectivity index (χ1n) is 10.4. The molecular formula is C24H24FN3O3. The second kappa shape index (κ2) is 9.55. The van der Waals surface area contributed by atoms with Gasteiger partial charge in [-0.2, -0.15) is 0 Å². The second-order valence-corrected chi connectivity index (χ2v) is 7.71. The zero-order valence-electron chi connectivity index (χ0n) is 17.0. The molecule has 0 radical (unpaired) electrons. The molecule has 0 spiro atoms. The molecule has 7 heteroatoms. The largest absolute Gasteiger partial charge is 0.459 e. The molecule has 1 aliphatic carbocycles. The van der Waals surface area contributed by atoms with E-state index in [1.165, 1.54) is 23.3 Å². The zero-order chi connectivity index (χ0) is 21.6. The van der Waals surface area contributed by atoms with Crippen LogP contribution < -0.4 is 5.32 Å². The van der Waals surface area contributed by atoms with Crippen molar-refractivity contribution >= 4 is 11.8 Å². The molecular weight excluding hydrogens is 397 g/mol. The van der Waals surface area contributed by atoms with E-state index >= 15 is 0 Å². The number of rotatable bonds is 7. The van der Waals surface area contributed by atoms with Gasteiger partial charge in [0, 0.05) is 25.0 Å². The van der Waals surface area contributed by atoms with Gasteiger partial charge in [-0.1, -0.05) is 25.0 Å². The first-order chi connectivity index (χ1) is 15.1. The number of benzene rings is 1. The van der Waals surface area contributed by atoms with Crippen molar-refractivity contribution in [1.82, 2.24) is 15.2 Å². The Labute approximate surface area is 180 Å². The first-order valence-corrected chi connectivity index (χ1v) is 10.4. The van der Waals surface area contributed by atoms with Crippen LogP contribution in [0.25, 0.3) is 0 Å². The van der Waals surface area contributed by atoms with Gasteiger partial charge in [-0.05, 0) is 60.4 Å². The van der Waals surface area contributed by atoms with Gasteiger partial charge in [-0.3, -0.25) is 14.6 Å². The highest BCUT2D eigenvalue weighted by atomic mass is 19.1. The molecule has 1 unspecified atom stereocenters. The maximum absolute atomic E-state index is 13.4. The van der Waals surface area contributed by atoms with Gasteiger partial charge in [0.2, 0.25) is 5.91 Å². The number of pyridine rings is 1. The Morgan fingerprint density at radius 1 is 1.10 bits per heavy atom. The number of furan rings is 1. The summed E-state index contributed by atoms with van der Waals surface area (Å²) in [7, 11) is 0. The maximum Gasteiger partial charge on any atom is 0.290 e. The molecule has 2 amide bonds. The lowest BCUT2D eigenvalue weighted by molar-refractivity contribution is -0.126. The molecule has 0 bridgehead atoms. The summed E-state index contributed by atoms with van der Waals surface area (Å²) in [6.45, 7) is 0.116. The Morgan fingerprint density at radius 3 is 2.45 bits per heavy atom. The monoisotopic (exact) mass is 421 g/mol. The lowest BCUT2D eigenvalue weighted by atomic mass is 10.0. The second-order valence-electron chi connectivity index (χ2n) is 7.71. The van der Waals surface area contributed by atoms with E-state index in [9.17, 15) is 14.0 Å². The van der Waals surface area contributed by atoms with E-state index in [1.54, 1.807) is 48.8 Å². The Bertz CT molecular complexity index is 1000. The number of carbonyl (C=O) groups excluding carboxylic acids is 2. The molecule has 1 aliphatic rings. The summed E-state index contributed by atoms with van der Waals surface area (Å²) in [5.41, 5.74) is 1.35. The number of amides is 2. The molecule has 3 aromatic rings. The lowest BCUT2D eigenvalue weighted by Gasteiger charge is -2.31. The van der Waals surface area contributed by atoms with Gasteiger partial charge in [0.05, 0.1) is 6.26 Å². The van der Waals surface area contributed by atoms with Gasteiger partial charge < -0.3 is 14.6 Å². The summed E-state index contributed by atoms with van der Waals surface area (Å²) in [4.78, 5) is 32.3. The Hall–Kier alpha value is -3.48. The van der Waals surface area contributed by atoms with Crippen molar-refractivity contribution in [3.8, 4) is 0 Å². The highest BCUT2D eigenvalue weighted by Gasteiger charge is 2.34. The van der Waals surface area contributed by atoms with Crippen molar-refractivity contribution in [3.63, 3.8) is 0 Å². The van der Waals surface area contributed by atoms with E-state index in [0.717, 1.165) is 25.7 Å². The van der Waals surface area contributed by atoms with Gasteiger partial charge in [-0.15, -0.1) is 0 Å². The van der Waals surface area contributed by atoms with Crippen LogP contribution in [0.4, 0.5) is 4.39 Å². The van der Waals surface area contributed by atoms with Crippen molar-refractivity contribution in [2.75, 3.05) is 0 Å². The fraction of sp³-hybridized carbons (Fsp3) is 0.292. The summed E-state index contributed by atoms with van der Waals surface area (Å²) in [5, 5.41) is 3.11. The fourth-order valence-electron chi connectivity index (χ4n) is 3.98. The molecule has 1 fully saturated rings. The third-order valence-corrected chi connectivity index (χ3v) is 5.54. The third-order valence-electron chi connectivity index (χ3n) is 5.54. The minimum atomic E-state index is -0.883. The van der Waals surface area contributed by atoms with E-state index < -0.39 is 11.9 Å². The third kappa shape index (κ3) is 4.99. The fourth-order valence-corrected chi connectivity index (χ4v) is 3.98. The molecule has 2 heterocycles. The molecule has 160 valence electrons. The summed E-state index contributed by atoms with van der Waals surface area (Å²) in [6, 6.07) is 11.8. The van der Waals surface area contributed by atoms with E-state index in [4.69, 9.17) is 4.42 Å². The van der Waals surface area contributed by atoms with Gasteiger partial charge in [0.15, 0.2) is 5.76 Å². The number of carbonyl (C=O) groups is 2. The van der Waals surface area contributed by atoms with E-state index in [1.807, 2.05) is 0 Å². The molecule has 4 rings (SSSR count). The highest BCUT2D eigenvalue weighted by Crippen LogP contribution is 2.27. The maximum atomic E-state index is 13.4. The van der Waals surface area contributed by atoms with Crippen LogP contribution >= 0.6 is 0 Å². The summed E-state index contributed by atoms with van der Waals surface area (Å²) in [6.07, 6.45) is 8.63. The topological polar surface area (TPSA) is 75.4 Å². The highest BCUT2D eigenvalue weighted by molar-refractivity contribution is 5.96. The summed E-state index contributed by atoms with van der Waals surface area (Å²) >= 11 is 0. The molecule has 0 aliphatic heterocycles. The van der Waals surface area contributed by atoms with Crippen LogP contribution in [-0.4, -0.2) is 27.7 Å². The average molecular weight is 421 g/mol. The minimum absolute atomic E-state index is 0.100. The molecule has 1 saturated carbocycles. The Balaban J connectivity index is 1.71. The summed E-state index contributed by atoms with van der Waals surface area (Å²) < 4.78 is 18.8. The number of hydrogen-bond acceptors (Lipinski definition) is 4. The van der Waals surface area contributed by atoms with Crippen LogP contribution in [0, 0.1) is 5.82 Å². The minimum Gasteiger partial charge on any atom is -0.459 e. The number of nitrogens with one attached hydrogen (secondary N) is 1. The number of aromatic nitrogens is 1. The van der Waals surface area contributed by atoms with Crippen LogP contribution in [-0.2, 0) is 11.3 Å². The van der Waals surface area contributed by atoms with Gasteiger partial charge in [0.25, 0.3) is 5.91 Å². The van der Waals surface area contributed by atoms with Crippen LogP contribution in [0.1, 0.15) is 53.4 Å². The molecule has 6 nitrogen and oxygen atoms in total. The van der Waals surface area contributed by atoms with Crippen molar-refractivity contribution in [2.24, 2.45) is 0 Å². The molecule has 31 heavy (non-hydrogen) atoms. The van der Waals surface area contributed by atoms with Crippen LogP contribution in [0.3, 0.4) is 0 Å². The Kier molecular flexibility index (Phi) is 6.40. The van der Waals surface area contributed by atoms with Crippen molar-refractivity contribution in [1.29, 1.82) is 0 Å². The Morgan fingerprint density at radius 2 is 1.81 bits per heavy atom. The predicted octanol–water partition coefficient (Wildman–Crippen LogP) is 4.26. The standard InChI is InChI=1S/C24H24FN3O3/c25-19-9-7-17(8-10-19)16-28(24(30)21-6-3-15-31-21)22(18-11-13-26-14-12-18)23(29)27-20-4-1-2-5-20/h3,6-15,20,22H,1-2,4-5,16H2,(H,27,29). The lowest BCUT2D eigenvalue weighted by Crippen LogP contribution is -2.45. The van der Waals surface area contributed by atoms with E-state index in [-0.39, 0.29) is 30.1 Å². The van der Waals surface area contributed by atoms with Crippen LogP contribution in [0.2, 0.25) is 0 Å². The smallest absolute Gasteiger partial charge is 0.290 e. The number of nitrogens with zero attached hydrogens (tertiary/aromatic N) is 2. The molecule has 1 aromatic carbocycles. The van der Waals surface area contributed by atoms with Gasteiger partial charge in [-0.25, -0.2) is 4.39 Å². The van der Waals surface area contributed by atoms with Crippen molar-refractivity contribution < 1.29 is 18.4 Å². The number of halogens is 1. The molecule has 1 atom stereocenters.